The lowest BCUT2D eigenvalue weighted by atomic mass is 9.84. The molecule has 1 heterocycles. The van der Waals surface area contributed by atoms with Gasteiger partial charge >= 0.3 is 0 Å². The highest BCUT2D eigenvalue weighted by molar-refractivity contribution is 5.15. The normalized spacial score (nSPS) is 20.8. The molecule has 1 aromatic rings. The van der Waals surface area contributed by atoms with Gasteiger partial charge in [0.1, 0.15) is 0 Å². The van der Waals surface area contributed by atoms with Crippen molar-refractivity contribution in [2.24, 2.45) is 5.84 Å². The number of aryl methyl sites for hydroxylation is 1. The predicted molar refractivity (Wildman–Crippen MR) is 85.4 cm³/mol. The van der Waals surface area contributed by atoms with Crippen LogP contribution < -0.4 is 11.3 Å². The zero-order valence-corrected chi connectivity index (χ0v) is 12.9. The number of likely N-dealkylation sites (tertiary alicyclic amines) is 1. The van der Waals surface area contributed by atoms with Gasteiger partial charge in [-0.1, -0.05) is 37.3 Å². The summed E-state index contributed by atoms with van der Waals surface area (Å²) in [7, 11) is 0. The van der Waals surface area contributed by atoms with Crippen molar-refractivity contribution in [2.75, 3.05) is 13.1 Å². The van der Waals surface area contributed by atoms with Crippen LogP contribution in [0.25, 0.3) is 0 Å². The fraction of sp³-hybridized carbons (Fsp3) is 0.647. The Kier molecular flexibility index (Phi) is 5.58. The van der Waals surface area contributed by atoms with Gasteiger partial charge in [-0.3, -0.25) is 16.2 Å². The molecular formula is C17H29N3. The standard InChI is InChI=1S/C17H29N3/c1-3-17(2,20-13-7-8-14-20)16(19-18)12-11-15-9-5-4-6-10-15/h4-6,9-10,16,19H,3,7-8,11-14,18H2,1-2H3. The zero-order chi connectivity index (χ0) is 14.4. The summed E-state index contributed by atoms with van der Waals surface area (Å²) in [4.78, 5) is 2.63. The molecule has 1 aliphatic rings. The van der Waals surface area contributed by atoms with Crippen molar-refractivity contribution in [1.29, 1.82) is 0 Å². The molecule has 1 saturated heterocycles. The van der Waals surface area contributed by atoms with E-state index in [9.17, 15) is 0 Å². The number of nitrogens with two attached hydrogens (primary N) is 1. The minimum Gasteiger partial charge on any atom is -0.296 e. The molecule has 3 N–H and O–H groups in total. The van der Waals surface area contributed by atoms with Gasteiger partial charge in [0.05, 0.1) is 0 Å². The van der Waals surface area contributed by atoms with Gasteiger partial charge in [-0.05, 0) is 57.7 Å². The molecular weight excluding hydrogens is 246 g/mol. The summed E-state index contributed by atoms with van der Waals surface area (Å²) >= 11 is 0. The van der Waals surface area contributed by atoms with Crippen LogP contribution in [-0.4, -0.2) is 29.6 Å². The summed E-state index contributed by atoms with van der Waals surface area (Å²) in [6, 6.07) is 11.0. The average Bonchev–Trinajstić information content (AvgIpc) is 3.03. The largest absolute Gasteiger partial charge is 0.296 e. The highest BCUT2D eigenvalue weighted by Gasteiger charge is 2.38. The summed E-state index contributed by atoms with van der Waals surface area (Å²) < 4.78 is 0. The van der Waals surface area contributed by atoms with Crippen molar-refractivity contribution in [1.82, 2.24) is 10.3 Å². The van der Waals surface area contributed by atoms with Crippen molar-refractivity contribution in [3.63, 3.8) is 0 Å². The second-order valence-electron chi connectivity index (χ2n) is 6.15. The molecule has 0 radical (unpaired) electrons. The van der Waals surface area contributed by atoms with Crippen LogP contribution in [0.4, 0.5) is 0 Å². The molecule has 0 amide bonds. The quantitative estimate of drug-likeness (QED) is 0.594. The molecule has 2 atom stereocenters. The number of hydrogen-bond acceptors (Lipinski definition) is 3. The van der Waals surface area contributed by atoms with Crippen LogP contribution >= 0.6 is 0 Å². The molecule has 0 saturated carbocycles. The molecule has 112 valence electrons. The van der Waals surface area contributed by atoms with E-state index >= 15 is 0 Å². The maximum atomic E-state index is 5.89. The van der Waals surface area contributed by atoms with E-state index in [1.165, 1.54) is 31.5 Å². The maximum Gasteiger partial charge on any atom is 0.0395 e. The molecule has 0 aliphatic carbocycles. The Labute approximate surface area is 123 Å². The van der Waals surface area contributed by atoms with E-state index in [2.05, 4.69) is 54.5 Å². The SMILES string of the molecule is CCC(C)(C(CCc1ccccc1)NN)N1CCCC1. The number of nitrogens with one attached hydrogen (secondary N) is 1. The van der Waals surface area contributed by atoms with Crippen LogP contribution in [-0.2, 0) is 6.42 Å². The molecule has 3 heteroatoms. The molecule has 1 fully saturated rings. The monoisotopic (exact) mass is 275 g/mol. The smallest absolute Gasteiger partial charge is 0.0395 e. The first kappa shape index (κ1) is 15.5. The van der Waals surface area contributed by atoms with Gasteiger partial charge in [0.2, 0.25) is 0 Å². The van der Waals surface area contributed by atoms with Gasteiger partial charge in [0.25, 0.3) is 0 Å². The molecule has 0 aromatic heterocycles. The average molecular weight is 275 g/mol. The summed E-state index contributed by atoms with van der Waals surface area (Å²) in [6.07, 6.45) is 5.95. The number of rotatable bonds is 7. The van der Waals surface area contributed by atoms with Crippen LogP contribution in [0.2, 0.25) is 0 Å². The molecule has 2 rings (SSSR count). The minimum absolute atomic E-state index is 0.167. The van der Waals surface area contributed by atoms with Gasteiger partial charge in [-0.25, -0.2) is 0 Å². The Morgan fingerprint density at radius 2 is 1.90 bits per heavy atom. The van der Waals surface area contributed by atoms with Gasteiger partial charge in [0.15, 0.2) is 0 Å². The van der Waals surface area contributed by atoms with Crippen molar-refractivity contribution in [3.05, 3.63) is 35.9 Å². The number of hydrogen-bond donors (Lipinski definition) is 2. The lowest BCUT2D eigenvalue weighted by molar-refractivity contribution is 0.0804. The van der Waals surface area contributed by atoms with E-state index in [1.54, 1.807) is 0 Å². The Morgan fingerprint density at radius 1 is 1.25 bits per heavy atom. The number of nitrogens with zero attached hydrogens (tertiary/aromatic N) is 1. The van der Waals surface area contributed by atoms with E-state index in [0.717, 1.165) is 19.3 Å². The third kappa shape index (κ3) is 3.40. The van der Waals surface area contributed by atoms with Crippen LogP contribution in [0.3, 0.4) is 0 Å². The first-order chi connectivity index (χ1) is 9.70. The van der Waals surface area contributed by atoms with Crippen LogP contribution in [0.5, 0.6) is 0 Å². The molecule has 0 bridgehead atoms. The Hall–Kier alpha value is -0.900. The van der Waals surface area contributed by atoms with E-state index in [4.69, 9.17) is 5.84 Å². The topological polar surface area (TPSA) is 41.3 Å². The summed E-state index contributed by atoms with van der Waals surface area (Å²) in [5, 5.41) is 0. The van der Waals surface area contributed by atoms with Crippen LogP contribution in [0.15, 0.2) is 30.3 Å². The molecule has 1 aromatic carbocycles. The zero-order valence-electron chi connectivity index (χ0n) is 12.9. The lowest BCUT2D eigenvalue weighted by Gasteiger charge is -2.44. The second kappa shape index (κ2) is 7.21. The maximum absolute atomic E-state index is 5.89. The van der Waals surface area contributed by atoms with Crippen molar-refractivity contribution >= 4 is 0 Å². The summed E-state index contributed by atoms with van der Waals surface area (Å²) in [5.74, 6) is 5.89. The third-order valence-corrected chi connectivity index (χ3v) is 5.06. The summed E-state index contributed by atoms with van der Waals surface area (Å²) in [5.41, 5.74) is 4.66. The van der Waals surface area contributed by atoms with E-state index in [0.29, 0.717) is 6.04 Å². The van der Waals surface area contributed by atoms with E-state index in [1.807, 2.05) is 0 Å². The minimum atomic E-state index is 0.167. The van der Waals surface area contributed by atoms with Gasteiger partial charge in [-0.2, -0.15) is 0 Å². The Morgan fingerprint density at radius 3 is 2.45 bits per heavy atom. The second-order valence-corrected chi connectivity index (χ2v) is 6.15. The lowest BCUT2D eigenvalue weighted by Crippen LogP contribution is -2.60. The first-order valence-corrected chi connectivity index (χ1v) is 7.96. The Balaban J connectivity index is 2.01. The molecule has 20 heavy (non-hydrogen) atoms. The third-order valence-electron chi connectivity index (χ3n) is 5.06. The highest BCUT2D eigenvalue weighted by Crippen LogP contribution is 2.29. The predicted octanol–water partition coefficient (Wildman–Crippen LogP) is 2.72. The van der Waals surface area contributed by atoms with Crippen LogP contribution in [0, 0.1) is 0 Å². The fourth-order valence-corrected chi connectivity index (χ4v) is 3.45. The van der Waals surface area contributed by atoms with Crippen molar-refractivity contribution in [3.8, 4) is 0 Å². The van der Waals surface area contributed by atoms with Crippen LogP contribution in [0.1, 0.15) is 45.1 Å². The molecule has 3 nitrogen and oxygen atoms in total. The fourth-order valence-electron chi connectivity index (χ4n) is 3.45. The summed E-state index contributed by atoms with van der Waals surface area (Å²) in [6.45, 7) is 7.08. The van der Waals surface area contributed by atoms with Gasteiger partial charge in [-0.15, -0.1) is 0 Å². The molecule has 2 unspecified atom stereocenters. The van der Waals surface area contributed by atoms with Crippen molar-refractivity contribution in [2.45, 2.75) is 57.5 Å². The highest BCUT2D eigenvalue weighted by atomic mass is 15.3. The number of hydrazine groups is 1. The van der Waals surface area contributed by atoms with Gasteiger partial charge < -0.3 is 0 Å². The molecule has 0 spiro atoms. The van der Waals surface area contributed by atoms with Gasteiger partial charge in [0, 0.05) is 11.6 Å². The first-order valence-electron chi connectivity index (χ1n) is 7.96. The Bertz CT molecular complexity index is 386. The number of benzene rings is 1. The van der Waals surface area contributed by atoms with E-state index < -0.39 is 0 Å². The molecule has 1 aliphatic heterocycles. The van der Waals surface area contributed by atoms with E-state index in [-0.39, 0.29) is 5.54 Å². The van der Waals surface area contributed by atoms with Crippen molar-refractivity contribution < 1.29 is 0 Å².